The molecule has 1 heterocycles. The molecule has 1 nitrogen and oxygen atoms in total. The quantitative estimate of drug-likeness (QED) is 0.657. The Kier molecular flexibility index (Phi) is 2.76. The Hall–Kier alpha value is -0.700. The minimum absolute atomic E-state index is 0.409. The second-order valence-corrected chi connectivity index (χ2v) is 2.64. The van der Waals surface area contributed by atoms with Crippen molar-refractivity contribution in [3.8, 4) is 0 Å². The molecule has 11 heavy (non-hydrogen) atoms. The van der Waals surface area contributed by atoms with Crippen molar-refractivity contribution >= 4 is 22.0 Å². The number of halogens is 2. The Balaban J connectivity index is 3.16. The summed E-state index contributed by atoms with van der Waals surface area (Å²) in [7, 11) is 0. The van der Waals surface area contributed by atoms with Crippen LogP contribution < -0.4 is 0 Å². The second kappa shape index (κ2) is 3.62. The lowest BCUT2D eigenvalue weighted by atomic mass is 10.1. The van der Waals surface area contributed by atoms with Crippen molar-refractivity contribution in [2.45, 2.75) is 6.92 Å². The molecule has 0 aliphatic heterocycles. The first-order valence-corrected chi connectivity index (χ1v) is 4.05. The number of hydrogen-bond donors (Lipinski definition) is 0. The van der Waals surface area contributed by atoms with Gasteiger partial charge in [-0.05, 0) is 29.6 Å². The number of nitrogens with zero attached hydrogens (tertiary/aromatic N) is 1. The minimum Gasteiger partial charge on any atom is -0.228 e. The molecule has 0 radical (unpaired) electrons. The molecule has 0 saturated carbocycles. The summed E-state index contributed by atoms with van der Waals surface area (Å²) in [6, 6.07) is 1.76. The van der Waals surface area contributed by atoms with E-state index in [1.807, 2.05) is 0 Å². The van der Waals surface area contributed by atoms with Crippen LogP contribution in [0.25, 0.3) is 6.08 Å². The van der Waals surface area contributed by atoms with Gasteiger partial charge in [0.25, 0.3) is 0 Å². The van der Waals surface area contributed by atoms with Gasteiger partial charge in [0.2, 0.25) is 5.95 Å². The molecule has 0 saturated heterocycles. The largest absolute Gasteiger partial charge is 0.228 e. The highest BCUT2D eigenvalue weighted by atomic mass is 79.9. The van der Waals surface area contributed by atoms with Crippen molar-refractivity contribution in [3.63, 3.8) is 0 Å². The summed E-state index contributed by atoms with van der Waals surface area (Å²) in [4.78, 5) is 5.20. The molecule has 1 aromatic rings. The highest BCUT2D eigenvalue weighted by Gasteiger charge is 1.99. The van der Waals surface area contributed by atoms with Crippen LogP contribution in [-0.2, 0) is 0 Å². The Bertz CT molecular complexity index is 283. The summed E-state index contributed by atoms with van der Waals surface area (Å²) >= 11 is 3.12. The van der Waals surface area contributed by atoms with Crippen LogP contribution in [0.1, 0.15) is 11.1 Å². The monoisotopic (exact) mass is 215 g/mol. The average Bonchev–Trinajstić information content (AvgIpc) is 1.99. The number of rotatable bonds is 1. The van der Waals surface area contributed by atoms with Crippen molar-refractivity contribution in [3.05, 3.63) is 34.3 Å². The van der Waals surface area contributed by atoms with Gasteiger partial charge >= 0.3 is 0 Å². The smallest absolute Gasteiger partial charge is 0.216 e. The zero-order valence-corrected chi connectivity index (χ0v) is 7.60. The molecule has 0 bridgehead atoms. The zero-order valence-electron chi connectivity index (χ0n) is 6.01. The van der Waals surface area contributed by atoms with Gasteiger partial charge in [-0.15, -0.1) is 0 Å². The fourth-order valence-electron chi connectivity index (χ4n) is 0.772. The molecule has 58 valence electrons. The fraction of sp³-hybridized carbons (Fsp3) is 0.125. The first-order chi connectivity index (χ1) is 5.25. The maximum atomic E-state index is 12.7. The van der Waals surface area contributed by atoms with Crippen LogP contribution in [0.2, 0.25) is 0 Å². The molecular weight excluding hydrogens is 209 g/mol. The first-order valence-electron chi connectivity index (χ1n) is 3.13. The maximum absolute atomic E-state index is 12.7. The van der Waals surface area contributed by atoms with E-state index in [1.54, 1.807) is 24.1 Å². The molecule has 0 spiro atoms. The van der Waals surface area contributed by atoms with Crippen LogP contribution in [0.5, 0.6) is 0 Å². The van der Waals surface area contributed by atoms with Gasteiger partial charge in [-0.1, -0.05) is 15.9 Å². The molecule has 0 fully saturated rings. The molecule has 0 unspecified atom stereocenters. The van der Waals surface area contributed by atoms with Gasteiger partial charge in [0.1, 0.15) is 0 Å². The molecule has 0 atom stereocenters. The topological polar surface area (TPSA) is 12.9 Å². The van der Waals surface area contributed by atoms with Crippen molar-refractivity contribution in [1.29, 1.82) is 0 Å². The van der Waals surface area contributed by atoms with Crippen LogP contribution in [0.4, 0.5) is 4.39 Å². The van der Waals surface area contributed by atoms with Gasteiger partial charge in [-0.3, -0.25) is 0 Å². The first kappa shape index (κ1) is 8.40. The molecular formula is C8H7BrFN. The number of aromatic nitrogens is 1. The SMILES string of the molecule is Cc1c(/C=C/Br)ccnc1F. The predicted octanol–water partition coefficient (Wildman–Crippen LogP) is 2.89. The van der Waals surface area contributed by atoms with E-state index in [0.717, 1.165) is 5.56 Å². The highest BCUT2D eigenvalue weighted by Crippen LogP contribution is 2.11. The van der Waals surface area contributed by atoms with Crippen molar-refractivity contribution in [2.24, 2.45) is 0 Å². The molecule has 0 aromatic carbocycles. The minimum atomic E-state index is -0.409. The van der Waals surface area contributed by atoms with E-state index in [9.17, 15) is 4.39 Å². The summed E-state index contributed by atoms with van der Waals surface area (Å²) in [5.41, 5.74) is 1.41. The third-order valence-electron chi connectivity index (χ3n) is 1.43. The van der Waals surface area contributed by atoms with Crippen molar-refractivity contribution < 1.29 is 4.39 Å². The lowest BCUT2D eigenvalue weighted by molar-refractivity contribution is 0.574. The summed E-state index contributed by atoms with van der Waals surface area (Å²) in [6.07, 6.45) is 3.23. The van der Waals surface area contributed by atoms with Crippen LogP contribution in [0.3, 0.4) is 0 Å². The van der Waals surface area contributed by atoms with Gasteiger partial charge in [0.05, 0.1) is 0 Å². The summed E-state index contributed by atoms with van der Waals surface area (Å²) in [5, 5.41) is 0. The van der Waals surface area contributed by atoms with Crippen LogP contribution >= 0.6 is 15.9 Å². The van der Waals surface area contributed by atoms with E-state index in [4.69, 9.17) is 0 Å². The maximum Gasteiger partial charge on any atom is 0.216 e. The molecule has 0 amide bonds. The zero-order chi connectivity index (χ0) is 8.27. The van der Waals surface area contributed by atoms with Crippen molar-refractivity contribution in [2.75, 3.05) is 0 Å². The number of pyridine rings is 1. The Morgan fingerprint density at radius 3 is 3.00 bits per heavy atom. The normalized spacial score (nSPS) is 10.8. The van der Waals surface area contributed by atoms with Gasteiger partial charge in [-0.2, -0.15) is 4.39 Å². The van der Waals surface area contributed by atoms with Crippen LogP contribution in [-0.4, -0.2) is 4.98 Å². The molecule has 3 heteroatoms. The third kappa shape index (κ3) is 1.87. The fourth-order valence-corrected chi connectivity index (χ4v) is 1.06. The van der Waals surface area contributed by atoms with E-state index in [0.29, 0.717) is 5.56 Å². The summed E-state index contributed by atoms with van der Waals surface area (Å²) < 4.78 is 12.7. The number of hydrogen-bond acceptors (Lipinski definition) is 1. The molecule has 1 rings (SSSR count). The van der Waals surface area contributed by atoms with E-state index in [2.05, 4.69) is 20.9 Å². The Labute approximate surface area is 73.1 Å². The van der Waals surface area contributed by atoms with Crippen LogP contribution in [0.15, 0.2) is 17.2 Å². The van der Waals surface area contributed by atoms with Gasteiger partial charge in [-0.25, -0.2) is 4.98 Å². The molecule has 0 aliphatic carbocycles. The summed E-state index contributed by atoms with van der Waals surface area (Å²) in [5.74, 6) is -0.409. The van der Waals surface area contributed by atoms with E-state index < -0.39 is 5.95 Å². The van der Waals surface area contributed by atoms with Crippen LogP contribution in [0, 0.1) is 12.9 Å². The second-order valence-electron chi connectivity index (χ2n) is 2.11. The third-order valence-corrected chi connectivity index (χ3v) is 1.69. The predicted molar refractivity (Wildman–Crippen MR) is 46.9 cm³/mol. The molecule has 0 N–H and O–H groups in total. The van der Waals surface area contributed by atoms with E-state index >= 15 is 0 Å². The average molecular weight is 216 g/mol. The van der Waals surface area contributed by atoms with Gasteiger partial charge in [0, 0.05) is 11.8 Å². The van der Waals surface area contributed by atoms with Gasteiger partial charge in [0.15, 0.2) is 0 Å². The van der Waals surface area contributed by atoms with E-state index in [-0.39, 0.29) is 0 Å². The van der Waals surface area contributed by atoms with Gasteiger partial charge < -0.3 is 0 Å². The lowest BCUT2D eigenvalue weighted by Gasteiger charge is -1.98. The standard InChI is InChI=1S/C8H7BrFN/c1-6-7(2-4-9)3-5-11-8(6)10/h2-5H,1H3/b4-2+. The summed E-state index contributed by atoms with van der Waals surface area (Å²) in [6.45, 7) is 1.70. The lowest BCUT2D eigenvalue weighted by Crippen LogP contribution is -1.89. The highest BCUT2D eigenvalue weighted by molar-refractivity contribution is 9.11. The van der Waals surface area contributed by atoms with Crippen molar-refractivity contribution in [1.82, 2.24) is 4.98 Å². The molecule has 0 aliphatic rings. The Morgan fingerprint density at radius 2 is 2.36 bits per heavy atom. The Morgan fingerprint density at radius 1 is 1.64 bits per heavy atom. The van der Waals surface area contributed by atoms with E-state index in [1.165, 1.54) is 6.20 Å². The molecule has 1 aromatic heterocycles.